The molecule has 104 valence electrons. The van der Waals surface area contributed by atoms with Crippen molar-refractivity contribution in [2.24, 2.45) is 0 Å². The fourth-order valence-corrected chi connectivity index (χ4v) is 2.66. The van der Waals surface area contributed by atoms with E-state index >= 15 is 0 Å². The van der Waals surface area contributed by atoms with Crippen LogP contribution >= 0.6 is 23.4 Å². The molecule has 0 saturated heterocycles. The summed E-state index contributed by atoms with van der Waals surface area (Å²) in [5.74, 6) is 0.685. The largest absolute Gasteiger partial charge is 0.269 e. The number of aryl methyl sites for hydroxylation is 1. The van der Waals surface area contributed by atoms with E-state index in [4.69, 9.17) is 11.6 Å². The Morgan fingerprint density at radius 3 is 2.50 bits per heavy atom. The number of hydrogen-bond donors (Lipinski definition) is 0. The third-order valence-electron chi connectivity index (χ3n) is 2.67. The lowest BCUT2D eigenvalue weighted by Gasteiger charge is -2.07. The van der Waals surface area contributed by atoms with Crippen LogP contribution in [0.15, 0.2) is 34.2 Å². The predicted octanol–water partition coefficient (Wildman–Crippen LogP) is 4.06. The topological polar surface area (TPSA) is 68.9 Å². The number of nitro benzene ring substituents is 1. The molecule has 0 atom stereocenters. The van der Waals surface area contributed by atoms with Gasteiger partial charge in [0, 0.05) is 29.0 Å². The maximum atomic E-state index is 10.6. The van der Waals surface area contributed by atoms with Gasteiger partial charge in [-0.15, -0.1) is 0 Å². The first-order chi connectivity index (χ1) is 9.51. The molecule has 20 heavy (non-hydrogen) atoms. The van der Waals surface area contributed by atoms with Gasteiger partial charge in [-0.25, -0.2) is 9.97 Å². The molecular weight excluding hydrogens is 298 g/mol. The summed E-state index contributed by atoms with van der Waals surface area (Å²) >= 11 is 7.50. The molecule has 0 aliphatic rings. The lowest BCUT2D eigenvalue weighted by Crippen LogP contribution is -1.98. The molecule has 0 aliphatic carbocycles. The minimum Gasteiger partial charge on any atom is -0.258 e. The number of benzene rings is 1. The highest BCUT2D eigenvalue weighted by atomic mass is 35.5. The third-order valence-corrected chi connectivity index (χ3v) is 4.13. The van der Waals surface area contributed by atoms with Crippen LogP contribution in [-0.4, -0.2) is 14.9 Å². The smallest absolute Gasteiger partial charge is 0.258 e. The van der Waals surface area contributed by atoms with Gasteiger partial charge in [0.25, 0.3) is 5.69 Å². The average Bonchev–Trinajstić information content (AvgIpc) is 2.44. The zero-order chi connectivity index (χ0) is 14.7. The monoisotopic (exact) mass is 309 g/mol. The predicted molar refractivity (Wildman–Crippen MR) is 78.4 cm³/mol. The van der Waals surface area contributed by atoms with Gasteiger partial charge in [0.05, 0.1) is 4.92 Å². The van der Waals surface area contributed by atoms with Crippen molar-refractivity contribution in [2.75, 3.05) is 0 Å². The molecule has 0 bridgehead atoms. The number of nitro groups is 1. The van der Waals surface area contributed by atoms with Gasteiger partial charge >= 0.3 is 0 Å². The van der Waals surface area contributed by atoms with Crippen LogP contribution < -0.4 is 0 Å². The van der Waals surface area contributed by atoms with E-state index in [1.54, 1.807) is 12.1 Å². The highest BCUT2D eigenvalue weighted by Gasteiger charge is 2.11. The standard InChI is InChI=1S/C13H12ClN3O2S/c1-3-11-15-12(14)8(2)13(16-11)20-10-6-4-9(5-7-10)17(18)19/h4-7H,3H2,1-2H3. The summed E-state index contributed by atoms with van der Waals surface area (Å²) in [5.41, 5.74) is 0.883. The zero-order valence-electron chi connectivity index (χ0n) is 11.0. The normalized spacial score (nSPS) is 10.6. The van der Waals surface area contributed by atoms with Crippen LogP contribution in [0.1, 0.15) is 18.3 Å². The molecule has 0 radical (unpaired) electrons. The maximum Gasteiger partial charge on any atom is 0.269 e. The number of nitrogens with zero attached hydrogens (tertiary/aromatic N) is 3. The highest BCUT2D eigenvalue weighted by Crippen LogP contribution is 2.32. The summed E-state index contributed by atoms with van der Waals surface area (Å²) in [6, 6.07) is 6.34. The van der Waals surface area contributed by atoms with Crippen molar-refractivity contribution in [3.05, 3.63) is 50.9 Å². The van der Waals surface area contributed by atoms with E-state index in [1.165, 1.54) is 23.9 Å². The summed E-state index contributed by atoms with van der Waals surface area (Å²) in [6.07, 6.45) is 0.702. The molecule has 0 N–H and O–H groups in total. The van der Waals surface area contributed by atoms with E-state index in [1.807, 2.05) is 13.8 Å². The van der Waals surface area contributed by atoms with Crippen LogP contribution in [0.2, 0.25) is 5.15 Å². The first-order valence-electron chi connectivity index (χ1n) is 5.96. The van der Waals surface area contributed by atoms with Gasteiger partial charge in [0.2, 0.25) is 0 Å². The van der Waals surface area contributed by atoms with E-state index in [-0.39, 0.29) is 5.69 Å². The quantitative estimate of drug-likeness (QED) is 0.484. The second kappa shape index (κ2) is 6.19. The van der Waals surface area contributed by atoms with Gasteiger partial charge < -0.3 is 0 Å². The van der Waals surface area contributed by atoms with E-state index in [0.29, 0.717) is 17.4 Å². The van der Waals surface area contributed by atoms with Crippen molar-refractivity contribution in [3.8, 4) is 0 Å². The zero-order valence-corrected chi connectivity index (χ0v) is 12.5. The molecule has 0 unspecified atom stereocenters. The van der Waals surface area contributed by atoms with Gasteiger partial charge in [0.1, 0.15) is 16.0 Å². The van der Waals surface area contributed by atoms with E-state index < -0.39 is 4.92 Å². The first kappa shape index (κ1) is 14.7. The Kier molecular flexibility index (Phi) is 4.57. The van der Waals surface area contributed by atoms with Gasteiger partial charge in [-0.05, 0) is 19.1 Å². The molecule has 1 heterocycles. The highest BCUT2D eigenvalue weighted by molar-refractivity contribution is 7.99. The summed E-state index contributed by atoms with van der Waals surface area (Å²) in [7, 11) is 0. The van der Waals surface area contributed by atoms with Crippen molar-refractivity contribution >= 4 is 29.1 Å². The Bertz CT molecular complexity index is 647. The van der Waals surface area contributed by atoms with Crippen molar-refractivity contribution in [3.63, 3.8) is 0 Å². The van der Waals surface area contributed by atoms with Gasteiger partial charge in [-0.1, -0.05) is 30.3 Å². The van der Waals surface area contributed by atoms with Crippen LogP contribution in [0.5, 0.6) is 0 Å². The summed E-state index contributed by atoms with van der Waals surface area (Å²) < 4.78 is 0. The van der Waals surface area contributed by atoms with Crippen LogP contribution in [0, 0.1) is 17.0 Å². The second-order valence-corrected chi connectivity index (χ2v) is 5.49. The summed E-state index contributed by atoms with van der Waals surface area (Å²) in [4.78, 5) is 19.7. The molecule has 2 rings (SSSR count). The van der Waals surface area contributed by atoms with E-state index in [2.05, 4.69) is 9.97 Å². The fraction of sp³-hybridized carbons (Fsp3) is 0.231. The number of halogens is 1. The molecule has 0 amide bonds. The number of rotatable bonds is 4. The molecule has 2 aromatic rings. The molecular formula is C13H12ClN3O2S. The van der Waals surface area contributed by atoms with Crippen LogP contribution in [-0.2, 0) is 6.42 Å². The molecule has 1 aromatic heterocycles. The minimum absolute atomic E-state index is 0.0704. The Labute approximate surface area is 125 Å². The lowest BCUT2D eigenvalue weighted by atomic mass is 10.3. The van der Waals surface area contributed by atoms with Crippen LogP contribution in [0.3, 0.4) is 0 Å². The van der Waals surface area contributed by atoms with Crippen molar-refractivity contribution < 1.29 is 4.92 Å². The number of non-ortho nitro benzene ring substituents is 1. The fourth-order valence-electron chi connectivity index (χ4n) is 1.52. The molecule has 7 heteroatoms. The number of aromatic nitrogens is 2. The molecule has 1 aromatic carbocycles. The van der Waals surface area contributed by atoms with Gasteiger partial charge in [0.15, 0.2) is 0 Å². The van der Waals surface area contributed by atoms with Crippen molar-refractivity contribution in [1.82, 2.24) is 9.97 Å². The number of hydrogen-bond acceptors (Lipinski definition) is 5. The summed E-state index contributed by atoms with van der Waals surface area (Å²) in [5, 5.41) is 11.8. The molecule has 0 aliphatic heterocycles. The van der Waals surface area contributed by atoms with Crippen LogP contribution in [0.4, 0.5) is 5.69 Å². The average molecular weight is 310 g/mol. The SMILES string of the molecule is CCc1nc(Cl)c(C)c(Sc2ccc([N+](=O)[O-])cc2)n1. The lowest BCUT2D eigenvalue weighted by molar-refractivity contribution is -0.384. The summed E-state index contributed by atoms with van der Waals surface area (Å²) in [6.45, 7) is 3.82. The van der Waals surface area contributed by atoms with Crippen molar-refractivity contribution in [1.29, 1.82) is 0 Å². The molecule has 0 spiro atoms. The molecule has 5 nitrogen and oxygen atoms in total. The molecule has 0 fully saturated rings. The van der Waals surface area contributed by atoms with E-state index in [0.717, 1.165) is 15.5 Å². The second-order valence-electron chi connectivity index (χ2n) is 4.07. The Morgan fingerprint density at radius 1 is 1.30 bits per heavy atom. The van der Waals surface area contributed by atoms with Gasteiger partial charge in [-0.2, -0.15) is 0 Å². The van der Waals surface area contributed by atoms with Crippen molar-refractivity contribution in [2.45, 2.75) is 30.2 Å². The maximum absolute atomic E-state index is 10.6. The van der Waals surface area contributed by atoms with E-state index in [9.17, 15) is 10.1 Å². The first-order valence-corrected chi connectivity index (χ1v) is 7.16. The Balaban J connectivity index is 2.29. The Morgan fingerprint density at radius 2 is 1.95 bits per heavy atom. The minimum atomic E-state index is -0.420. The van der Waals surface area contributed by atoms with Crippen LogP contribution in [0.25, 0.3) is 0 Å². The van der Waals surface area contributed by atoms with Gasteiger partial charge in [-0.3, -0.25) is 10.1 Å². The molecule has 0 saturated carbocycles. The third kappa shape index (κ3) is 3.26. The Hall–Kier alpha value is -1.66.